The van der Waals surface area contributed by atoms with E-state index >= 15 is 0 Å². The van der Waals surface area contributed by atoms with E-state index in [1.165, 1.54) is 6.20 Å². The zero-order valence-electron chi connectivity index (χ0n) is 10.1. The summed E-state index contributed by atoms with van der Waals surface area (Å²) >= 11 is 0. The lowest BCUT2D eigenvalue weighted by molar-refractivity contribution is 0.681. The summed E-state index contributed by atoms with van der Waals surface area (Å²) in [4.78, 5) is 8.42. The summed E-state index contributed by atoms with van der Waals surface area (Å²) in [6, 6.07) is 5.13. The maximum absolute atomic E-state index is 8.73. The first kappa shape index (κ1) is 12.0. The van der Waals surface area contributed by atoms with Crippen LogP contribution < -0.4 is 11.1 Å². The van der Waals surface area contributed by atoms with Gasteiger partial charge in [0.05, 0.1) is 11.6 Å². The number of anilines is 1. The average Bonchev–Trinajstić information content (AvgIpc) is 2.83. The molecule has 0 aliphatic heterocycles. The second-order valence-corrected chi connectivity index (χ2v) is 3.76. The van der Waals surface area contributed by atoms with E-state index in [4.69, 9.17) is 11.0 Å². The maximum Gasteiger partial charge on any atom is 0.242 e. The Morgan fingerprint density at radius 1 is 1.50 bits per heavy atom. The molecular weight excluding hydrogens is 230 g/mol. The fourth-order valence-electron chi connectivity index (χ4n) is 1.47. The van der Waals surface area contributed by atoms with Gasteiger partial charge in [-0.25, -0.2) is 4.98 Å². The van der Waals surface area contributed by atoms with Crippen molar-refractivity contribution in [2.24, 2.45) is 5.73 Å². The van der Waals surface area contributed by atoms with Crippen molar-refractivity contribution < 1.29 is 0 Å². The first-order valence-corrected chi connectivity index (χ1v) is 5.42. The molecule has 0 fully saturated rings. The first-order chi connectivity index (χ1) is 8.65. The molecule has 2 aromatic heterocycles. The van der Waals surface area contributed by atoms with Crippen molar-refractivity contribution in [3.8, 4) is 11.9 Å². The van der Waals surface area contributed by atoms with Crippen LogP contribution in [-0.4, -0.2) is 26.8 Å². The van der Waals surface area contributed by atoms with Crippen LogP contribution in [0.1, 0.15) is 24.4 Å². The van der Waals surface area contributed by atoms with Crippen molar-refractivity contribution in [1.29, 1.82) is 5.26 Å². The third-order valence-corrected chi connectivity index (χ3v) is 2.36. The number of aromatic nitrogens is 4. The van der Waals surface area contributed by atoms with Gasteiger partial charge >= 0.3 is 0 Å². The fourth-order valence-corrected chi connectivity index (χ4v) is 1.47. The molecule has 1 atom stereocenters. The fraction of sp³-hybridized carbons (Fsp3) is 0.273. The van der Waals surface area contributed by atoms with Crippen LogP contribution in [-0.2, 0) is 0 Å². The lowest BCUT2D eigenvalue weighted by atomic mass is 10.3. The van der Waals surface area contributed by atoms with Crippen LogP contribution in [0, 0.1) is 11.3 Å². The highest BCUT2D eigenvalue weighted by atomic mass is 15.4. The molecule has 7 heteroatoms. The van der Waals surface area contributed by atoms with Crippen LogP contribution in [0.25, 0.3) is 5.82 Å². The SMILES string of the molecule is CNc1nc(C(C)N)n(-c2ccc(C#N)cn2)n1. The minimum atomic E-state index is -0.267. The lowest BCUT2D eigenvalue weighted by Gasteiger charge is -2.06. The van der Waals surface area contributed by atoms with E-state index in [9.17, 15) is 0 Å². The summed E-state index contributed by atoms with van der Waals surface area (Å²) in [5.74, 6) is 1.67. The molecule has 2 aromatic rings. The van der Waals surface area contributed by atoms with Gasteiger partial charge in [-0.2, -0.15) is 14.9 Å². The van der Waals surface area contributed by atoms with Crippen molar-refractivity contribution >= 4 is 5.95 Å². The van der Waals surface area contributed by atoms with Gasteiger partial charge in [0.25, 0.3) is 0 Å². The standard InChI is InChI=1S/C11H13N7/c1-7(13)10-16-11(14-2)17-18(10)9-4-3-8(5-12)6-15-9/h3-4,6-7H,13H2,1-2H3,(H,14,17). The number of hydrogen-bond donors (Lipinski definition) is 2. The van der Waals surface area contributed by atoms with Gasteiger partial charge in [-0.3, -0.25) is 0 Å². The molecule has 0 aromatic carbocycles. The van der Waals surface area contributed by atoms with Crippen molar-refractivity contribution in [2.75, 3.05) is 12.4 Å². The number of nitrogens with zero attached hydrogens (tertiary/aromatic N) is 5. The molecule has 0 bridgehead atoms. The predicted octanol–water partition coefficient (Wildman–Crippen LogP) is 0.595. The summed E-state index contributed by atoms with van der Waals surface area (Å²) in [7, 11) is 1.73. The minimum absolute atomic E-state index is 0.267. The molecule has 1 unspecified atom stereocenters. The van der Waals surface area contributed by atoms with E-state index < -0.39 is 0 Å². The van der Waals surface area contributed by atoms with Gasteiger partial charge in [0.15, 0.2) is 11.6 Å². The van der Waals surface area contributed by atoms with E-state index in [0.29, 0.717) is 23.2 Å². The number of nitriles is 1. The molecule has 0 radical (unpaired) electrons. The number of rotatable bonds is 3. The number of nitrogens with two attached hydrogens (primary N) is 1. The quantitative estimate of drug-likeness (QED) is 0.817. The summed E-state index contributed by atoms with van der Waals surface area (Å²) in [5.41, 5.74) is 6.34. The highest BCUT2D eigenvalue weighted by Crippen LogP contribution is 2.14. The Hall–Kier alpha value is -2.46. The van der Waals surface area contributed by atoms with Gasteiger partial charge in [-0.15, -0.1) is 5.10 Å². The first-order valence-electron chi connectivity index (χ1n) is 5.42. The molecule has 18 heavy (non-hydrogen) atoms. The van der Waals surface area contributed by atoms with Crippen LogP contribution >= 0.6 is 0 Å². The normalized spacial score (nSPS) is 11.9. The number of pyridine rings is 1. The van der Waals surface area contributed by atoms with Crippen molar-refractivity contribution in [1.82, 2.24) is 19.7 Å². The average molecular weight is 243 g/mol. The third kappa shape index (κ3) is 2.14. The smallest absolute Gasteiger partial charge is 0.242 e. The molecule has 2 rings (SSSR count). The van der Waals surface area contributed by atoms with E-state index in [1.54, 1.807) is 23.9 Å². The molecule has 2 heterocycles. The van der Waals surface area contributed by atoms with Crippen LogP contribution in [0.5, 0.6) is 0 Å². The molecule has 0 saturated carbocycles. The van der Waals surface area contributed by atoms with Crippen molar-refractivity contribution in [2.45, 2.75) is 13.0 Å². The van der Waals surface area contributed by atoms with Crippen molar-refractivity contribution in [3.05, 3.63) is 29.7 Å². The van der Waals surface area contributed by atoms with Gasteiger partial charge in [0.2, 0.25) is 5.95 Å². The molecular formula is C11H13N7. The molecule has 0 aliphatic rings. The predicted molar refractivity (Wildman–Crippen MR) is 66.0 cm³/mol. The number of nitrogens with one attached hydrogen (secondary N) is 1. The van der Waals surface area contributed by atoms with E-state index in [-0.39, 0.29) is 6.04 Å². The molecule has 0 amide bonds. The lowest BCUT2D eigenvalue weighted by Crippen LogP contribution is -2.14. The maximum atomic E-state index is 8.73. The Labute approximate surface area is 104 Å². The molecule has 3 N–H and O–H groups in total. The Morgan fingerprint density at radius 2 is 2.28 bits per heavy atom. The van der Waals surface area contributed by atoms with Crippen molar-refractivity contribution in [3.63, 3.8) is 0 Å². The van der Waals surface area contributed by atoms with Gasteiger partial charge < -0.3 is 11.1 Å². The third-order valence-electron chi connectivity index (χ3n) is 2.36. The summed E-state index contributed by atoms with van der Waals surface area (Å²) in [6.45, 7) is 1.82. The molecule has 92 valence electrons. The van der Waals surface area contributed by atoms with Crippen LogP contribution in [0.2, 0.25) is 0 Å². The Bertz CT molecular complexity index is 576. The summed E-state index contributed by atoms with van der Waals surface area (Å²) in [6.07, 6.45) is 1.49. The van der Waals surface area contributed by atoms with Gasteiger partial charge in [-0.05, 0) is 19.1 Å². The zero-order chi connectivity index (χ0) is 13.1. The molecule has 0 saturated heterocycles. The van der Waals surface area contributed by atoms with E-state index in [0.717, 1.165) is 0 Å². The van der Waals surface area contributed by atoms with E-state index in [1.807, 2.05) is 13.0 Å². The monoisotopic (exact) mass is 243 g/mol. The topological polar surface area (TPSA) is 105 Å². The zero-order valence-corrected chi connectivity index (χ0v) is 10.1. The highest BCUT2D eigenvalue weighted by molar-refractivity contribution is 5.34. The molecule has 0 aliphatic carbocycles. The van der Waals surface area contributed by atoms with Crippen LogP contribution in [0.15, 0.2) is 18.3 Å². The van der Waals surface area contributed by atoms with Crippen LogP contribution in [0.4, 0.5) is 5.95 Å². The van der Waals surface area contributed by atoms with Gasteiger partial charge in [0, 0.05) is 13.2 Å². The second-order valence-electron chi connectivity index (χ2n) is 3.76. The minimum Gasteiger partial charge on any atom is -0.356 e. The Kier molecular flexibility index (Phi) is 3.21. The summed E-state index contributed by atoms with van der Waals surface area (Å²) < 4.78 is 1.57. The molecule has 7 nitrogen and oxygen atoms in total. The van der Waals surface area contributed by atoms with Gasteiger partial charge in [0.1, 0.15) is 6.07 Å². The largest absolute Gasteiger partial charge is 0.356 e. The second kappa shape index (κ2) is 4.81. The highest BCUT2D eigenvalue weighted by Gasteiger charge is 2.14. The van der Waals surface area contributed by atoms with Crippen LogP contribution in [0.3, 0.4) is 0 Å². The summed E-state index contributed by atoms with van der Waals surface area (Å²) in [5, 5.41) is 15.8. The van der Waals surface area contributed by atoms with E-state index in [2.05, 4.69) is 20.4 Å². The van der Waals surface area contributed by atoms with Gasteiger partial charge in [-0.1, -0.05) is 0 Å². The molecule has 0 spiro atoms. The number of hydrogen-bond acceptors (Lipinski definition) is 6. The Balaban J connectivity index is 2.48. The Morgan fingerprint density at radius 3 is 2.78 bits per heavy atom.